The lowest BCUT2D eigenvalue weighted by Crippen LogP contribution is -2.28. The molecular weight excluding hydrogens is 269 g/mol. The largest absolute Gasteiger partial charge is 0.673 e. The van der Waals surface area contributed by atoms with Gasteiger partial charge < -0.3 is 22.0 Å². The Morgan fingerprint density at radius 3 is 2.28 bits per heavy atom. The summed E-state index contributed by atoms with van der Waals surface area (Å²) in [6.45, 7) is 2.73. The molecule has 0 N–H and O–H groups in total. The molecule has 2 aromatic rings. The third kappa shape index (κ3) is 4.52. The first-order chi connectivity index (χ1) is 8.33. The first-order valence-electron chi connectivity index (χ1n) is 5.20. The number of ether oxygens (including phenoxy) is 1. The number of rotatable bonds is 2. The van der Waals surface area contributed by atoms with E-state index in [0.29, 0.717) is 0 Å². The second kappa shape index (κ2) is 6.04. The number of hydrogen-bond acceptors (Lipinski definition) is 2. The molecule has 0 fully saturated rings. The van der Waals surface area contributed by atoms with Crippen LogP contribution in [0.3, 0.4) is 0 Å². The molecule has 0 amide bonds. The second-order valence-corrected chi connectivity index (χ2v) is 4.32. The summed E-state index contributed by atoms with van der Waals surface area (Å²) in [7, 11) is -3.97. The minimum atomic E-state index is -6.00. The molecule has 2 nitrogen and oxygen atoms in total. The smallest absolute Gasteiger partial charge is 0.436 e. The van der Waals surface area contributed by atoms with Gasteiger partial charge in [-0.25, -0.2) is 0 Å². The van der Waals surface area contributed by atoms with Gasteiger partial charge in [0.05, 0.1) is 6.61 Å². The lowest BCUT2D eigenvalue weighted by molar-refractivity contribution is -0.646. The summed E-state index contributed by atoms with van der Waals surface area (Å²) in [4.78, 5) is 0. The highest BCUT2D eigenvalue weighted by atomic mass is 32.1. The normalized spacial score (nSPS) is 11.0. The summed E-state index contributed by atoms with van der Waals surface area (Å²) >= 11 is 1.69. The number of aryl methyl sites for hydroxylation is 1. The molecule has 2 rings (SSSR count). The third-order valence-corrected chi connectivity index (χ3v) is 3.10. The van der Waals surface area contributed by atoms with Crippen molar-refractivity contribution in [3.05, 3.63) is 24.3 Å². The molecule has 0 spiro atoms. The summed E-state index contributed by atoms with van der Waals surface area (Å²) in [5, 5.41) is 0.976. The predicted molar refractivity (Wildman–Crippen MR) is 64.4 cm³/mol. The highest BCUT2D eigenvalue weighted by Crippen LogP contribution is 2.24. The molecule has 0 atom stereocenters. The van der Waals surface area contributed by atoms with Crippen molar-refractivity contribution in [1.82, 2.24) is 0 Å². The zero-order valence-corrected chi connectivity index (χ0v) is 10.7. The molecule has 0 aliphatic rings. The minimum absolute atomic E-state index is 0.723. The number of thiazole rings is 1. The van der Waals surface area contributed by atoms with Crippen LogP contribution in [0.4, 0.5) is 17.3 Å². The quantitative estimate of drug-likeness (QED) is 0.467. The molecular formula is C10H12BF4NOS. The molecule has 100 valence electrons. The van der Waals surface area contributed by atoms with Gasteiger partial charge in [0.1, 0.15) is 11.7 Å². The van der Waals surface area contributed by atoms with Crippen LogP contribution in [0.15, 0.2) is 24.3 Å². The Balaban J connectivity index is 0.000000280. The van der Waals surface area contributed by atoms with Crippen molar-refractivity contribution >= 4 is 28.8 Å². The standard InChI is InChI=1S/C10H12NOS.BF4/c1-3-12-10-11(2)8-6-4-5-7-9(8)13-10;2-1(3,4)5/h4-7H,3H2,1-2H3;/q+1;-1. The van der Waals surface area contributed by atoms with E-state index in [1.807, 2.05) is 20.0 Å². The van der Waals surface area contributed by atoms with Crippen molar-refractivity contribution in [2.45, 2.75) is 6.92 Å². The van der Waals surface area contributed by atoms with E-state index in [2.05, 4.69) is 22.8 Å². The number of nitrogens with zero attached hydrogens (tertiary/aromatic N) is 1. The maximum absolute atomic E-state index is 9.75. The summed E-state index contributed by atoms with van der Waals surface area (Å²) in [5.41, 5.74) is 1.23. The van der Waals surface area contributed by atoms with Gasteiger partial charge in [0.25, 0.3) is 0 Å². The van der Waals surface area contributed by atoms with Gasteiger partial charge in [0.2, 0.25) is 5.52 Å². The van der Waals surface area contributed by atoms with Crippen LogP contribution >= 0.6 is 11.3 Å². The van der Waals surface area contributed by atoms with E-state index in [-0.39, 0.29) is 0 Å². The van der Waals surface area contributed by atoms with E-state index < -0.39 is 7.25 Å². The Kier molecular flexibility index (Phi) is 4.95. The van der Waals surface area contributed by atoms with Crippen LogP contribution in [0.1, 0.15) is 6.92 Å². The molecule has 0 aliphatic heterocycles. The Hall–Kier alpha value is -1.31. The van der Waals surface area contributed by atoms with Crippen molar-refractivity contribution in [3.63, 3.8) is 0 Å². The molecule has 1 aromatic heterocycles. The molecule has 0 aliphatic carbocycles. The molecule has 8 heteroatoms. The number of fused-ring (bicyclic) bond motifs is 1. The minimum Gasteiger partial charge on any atom is -0.436 e. The zero-order chi connectivity index (χ0) is 13.8. The molecule has 0 unspecified atom stereocenters. The Labute approximate surface area is 106 Å². The van der Waals surface area contributed by atoms with Crippen LogP contribution < -0.4 is 9.30 Å². The molecule has 1 aromatic carbocycles. The van der Waals surface area contributed by atoms with E-state index in [4.69, 9.17) is 4.74 Å². The van der Waals surface area contributed by atoms with Gasteiger partial charge in [0.15, 0.2) is 0 Å². The molecule has 0 bridgehead atoms. The fraction of sp³-hybridized carbons (Fsp3) is 0.300. The van der Waals surface area contributed by atoms with Gasteiger partial charge >= 0.3 is 12.4 Å². The monoisotopic (exact) mass is 281 g/mol. The average Bonchev–Trinajstić information content (AvgIpc) is 2.55. The van der Waals surface area contributed by atoms with Gasteiger partial charge in [-0.15, -0.1) is 0 Å². The lowest BCUT2D eigenvalue weighted by Gasteiger charge is -1.94. The van der Waals surface area contributed by atoms with Crippen LogP contribution in [0, 0.1) is 0 Å². The predicted octanol–water partition coefficient (Wildman–Crippen LogP) is 3.42. The van der Waals surface area contributed by atoms with Gasteiger partial charge in [0, 0.05) is 6.07 Å². The van der Waals surface area contributed by atoms with Gasteiger partial charge in [-0.05, 0) is 24.3 Å². The van der Waals surface area contributed by atoms with Crippen molar-refractivity contribution in [2.24, 2.45) is 7.05 Å². The topological polar surface area (TPSA) is 13.1 Å². The van der Waals surface area contributed by atoms with E-state index in [9.17, 15) is 17.3 Å². The second-order valence-electron chi connectivity index (χ2n) is 3.32. The summed E-state index contributed by atoms with van der Waals surface area (Å²) in [6.07, 6.45) is 0. The number of aromatic nitrogens is 1. The Morgan fingerprint density at radius 2 is 1.78 bits per heavy atom. The van der Waals surface area contributed by atoms with E-state index in [1.54, 1.807) is 11.3 Å². The number of hydrogen-bond donors (Lipinski definition) is 0. The SMILES string of the molecule is CCOc1sc2ccccc2[n+]1C.F[B-](F)(F)F. The van der Waals surface area contributed by atoms with E-state index >= 15 is 0 Å². The van der Waals surface area contributed by atoms with Crippen LogP contribution in [-0.2, 0) is 7.05 Å². The van der Waals surface area contributed by atoms with Gasteiger partial charge in [-0.1, -0.05) is 12.1 Å². The lowest BCUT2D eigenvalue weighted by atomic mass is 10.3. The summed E-state index contributed by atoms with van der Waals surface area (Å²) in [5.74, 6) is 0. The first kappa shape index (κ1) is 14.8. The maximum atomic E-state index is 9.75. The van der Waals surface area contributed by atoms with Crippen molar-refractivity contribution in [1.29, 1.82) is 0 Å². The first-order valence-corrected chi connectivity index (χ1v) is 6.02. The molecule has 18 heavy (non-hydrogen) atoms. The average molecular weight is 281 g/mol. The number of benzene rings is 1. The van der Waals surface area contributed by atoms with Crippen LogP contribution in [0.2, 0.25) is 0 Å². The fourth-order valence-electron chi connectivity index (χ4n) is 1.33. The van der Waals surface area contributed by atoms with E-state index in [1.165, 1.54) is 10.2 Å². The van der Waals surface area contributed by atoms with Crippen LogP contribution in [-0.4, -0.2) is 13.9 Å². The fourth-order valence-corrected chi connectivity index (χ4v) is 2.39. The van der Waals surface area contributed by atoms with Crippen molar-refractivity contribution in [3.8, 4) is 5.19 Å². The van der Waals surface area contributed by atoms with Crippen LogP contribution in [0.25, 0.3) is 10.2 Å². The highest BCUT2D eigenvalue weighted by molar-refractivity contribution is 7.19. The summed E-state index contributed by atoms with van der Waals surface area (Å²) in [6, 6.07) is 8.32. The van der Waals surface area contributed by atoms with E-state index in [0.717, 1.165) is 11.8 Å². The molecule has 1 heterocycles. The number of halogens is 4. The molecule has 0 saturated carbocycles. The highest BCUT2D eigenvalue weighted by Gasteiger charge is 2.20. The van der Waals surface area contributed by atoms with Crippen LogP contribution in [0.5, 0.6) is 5.19 Å². The third-order valence-electron chi connectivity index (χ3n) is 1.97. The summed E-state index contributed by atoms with van der Waals surface area (Å²) < 4.78 is 47.9. The van der Waals surface area contributed by atoms with Crippen molar-refractivity contribution in [2.75, 3.05) is 6.61 Å². The maximum Gasteiger partial charge on any atom is 0.673 e. The molecule has 0 radical (unpaired) electrons. The number of para-hydroxylation sites is 1. The Bertz CT molecular complexity index is 508. The van der Waals surface area contributed by atoms with Crippen molar-refractivity contribution < 1.29 is 26.6 Å². The van der Waals surface area contributed by atoms with Gasteiger partial charge in [-0.3, -0.25) is 0 Å². The molecule has 0 saturated heterocycles. The zero-order valence-electron chi connectivity index (χ0n) is 9.87. The van der Waals surface area contributed by atoms with Gasteiger partial charge in [-0.2, -0.15) is 4.57 Å². The Morgan fingerprint density at radius 1 is 1.22 bits per heavy atom.